The summed E-state index contributed by atoms with van der Waals surface area (Å²) in [7, 11) is 0. The van der Waals surface area contributed by atoms with Gasteiger partial charge in [0.2, 0.25) is 0 Å². The number of fused-ring (bicyclic) bond motifs is 1. The Morgan fingerprint density at radius 2 is 2.25 bits per heavy atom. The SMILES string of the molecule is C=C1C[C@@H]2CCCOC(=O)[C@@H]2C1. The topological polar surface area (TPSA) is 26.3 Å². The van der Waals surface area contributed by atoms with Crippen molar-refractivity contribution in [3.8, 4) is 0 Å². The normalized spacial score (nSPS) is 35.7. The monoisotopic (exact) mass is 166 g/mol. The van der Waals surface area contributed by atoms with Crippen LogP contribution in [0.1, 0.15) is 25.7 Å². The zero-order valence-corrected chi connectivity index (χ0v) is 7.21. The lowest BCUT2D eigenvalue weighted by molar-refractivity contribution is -0.147. The van der Waals surface area contributed by atoms with Crippen molar-refractivity contribution in [2.75, 3.05) is 6.61 Å². The Labute approximate surface area is 72.6 Å². The van der Waals surface area contributed by atoms with Gasteiger partial charge >= 0.3 is 5.97 Å². The van der Waals surface area contributed by atoms with Crippen LogP contribution in [0.2, 0.25) is 0 Å². The highest BCUT2D eigenvalue weighted by molar-refractivity contribution is 5.74. The number of esters is 1. The first-order valence-electron chi connectivity index (χ1n) is 4.60. The summed E-state index contributed by atoms with van der Waals surface area (Å²) in [6.45, 7) is 4.56. The number of carbonyl (C=O) groups is 1. The van der Waals surface area contributed by atoms with E-state index in [0.29, 0.717) is 12.5 Å². The molecule has 1 heterocycles. The maximum absolute atomic E-state index is 11.4. The molecule has 2 nitrogen and oxygen atoms in total. The highest BCUT2D eigenvalue weighted by Crippen LogP contribution is 2.39. The number of hydrogen-bond acceptors (Lipinski definition) is 2. The molecule has 2 rings (SSSR count). The van der Waals surface area contributed by atoms with Gasteiger partial charge in [-0.15, -0.1) is 0 Å². The maximum Gasteiger partial charge on any atom is 0.309 e. The summed E-state index contributed by atoms with van der Waals surface area (Å²) >= 11 is 0. The molecule has 2 atom stereocenters. The van der Waals surface area contributed by atoms with Gasteiger partial charge in [0.1, 0.15) is 0 Å². The van der Waals surface area contributed by atoms with E-state index in [4.69, 9.17) is 4.74 Å². The largest absolute Gasteiger partial charge is 0.465 e. The Hall–Kier alpha value is -0.790. The molecule has 1 saturated carbocycles. The van der Waals surface area contributed by atoms with E-state index >= 15 is 0 Å². The van der Waals surface area contributed by atoms with E-state index in [1.165, 1.54) is 5.57 Å². The number of allylic oxidation sites excluding steroid dienone is 1. The Morgan fingerprint density at radius 3 is 3.08 bits per heavy atom. The molecular weight excluding hydrogens is 152 g/mol. The van der Waals surface area contributed by atoms with Crippen molar-refractivity contribution in [3.05, 3.63) is 12.2 Å². The van der Waals surface area contributed by atoms with Crippen LogP contribution < -0.4 is 0 Å². The van der Waals surface area contributed by atoms with E-state index in [1.807, 2.05) is 0 Å². The van der Waals surface area contributed by atoms with Crippen LogP contribution in [0, 0.1) is 11.8 Å². The minimum Gasteiger partial charge on any atom is -0.465 e. The van der Waals surface area contributed by atoms with Crippen LogP contribution in [0.3, 0.4) is 0 Å². The molecule has 0 aromatic heterocycles. The van der Waals surface area contributed by atoms with Gasteiger partial charge in [0, 0.05) is 0 Å². The second-order valence-electron chi connectivity index (χ2n) is 3.83. The molecule has 1 aliphatic carbocycles. The van der Waals surface area contributed by atoms with Gasteiger partial charge in [0.25, 0.3) is 0 Å². The minimum atomic E-state index is 0.0103. The molecule has 2 fully saturated rings. The first-order chi connectivity index (χ1) is 5.77. The third-order valence-electron chi connectivity index (χ3n) is 2.89. The fourth-order valence-corrected chi connectivity index (χ4v) is 2.28. The Bertz CT molecular complexity index is 220. The van der Waals surface area contributed by atoms with Gasteiger partial charge in [-0.2, -0.15) is 0 Å². The molecule has 0 aromatic carbocycles. The molecule has 0 aromatic rings. The molecule has 2 aliphatic rings. The summed E-state index contributed by atoms with van der Waals surface area (Å²) in [5, 5.41) is 0. The number of rotatable bonds is 0. The minimum absolute atomic E-state index is 0.0103. The molecule has 1 saturated heterocycles. The Balaban J connectivity index is 2.14. The number of ether oxygens (including phenoxy) is 1. The average Bonchev–Trinajstić information content (AvgIpc) is 2.33. The third kappa shape index (κ3) is 1.26. The van der Waals surface area contributed by atoms with Crippen LogP contribution in [0.5, 0.6) is 0 Å². The van der Waals surface area contributed by atoms with E-state index in [0.717, 1.165) is 25.7 Å². The lowest BCUT2D eigenvalue weighted by Gasteiger charge is -2.11. The Morgan fingerprint density at radius 1 is 1.42 bits per heavy atom. The smallest absolute Gasteiger partial charge is 0.309 e. The first-order valence-corrected chi connectivity index (χ1v) is 4.60. The standard InChI is InChI=1S/C10H14O2/c1-7-5-8-3-2-4-12-10(11)9(8)6-7/h8-9H,1-6H2/t8-,9+/m0/s1. The van der Waals surface area contributed by atoms with Crippen molar-refractivity contribution in [2.24, 2.45) is 11.8 Å². The van der Waals surface area contributed by atoms with Crippen molar-refractivity contribution in [1.29, 1.82) is 0 Å². The number of hydrogen-bond donors (Lipinski definition) is 0. The predicted molar refractivity (Wildman–Crippen MR) is 45.5 cm³/mol. The van der Waals surface area contributed by atoms with Gasteiger partial charge < -0.3 is 4.74 Å². The summed E-state index contributed by atoms with van der Waals surface area (Å²) in [5.41, 5.74) is 1.23. The van der Waals surface area contributed by atoms with Crippen LogP contribution in [0.15, 0.2) is 12.2 Å². The fraction of sp³-hybridized carbons (Fsp3) is 0.700. The van der Waals surface area contributed by atoms with Crippen molar-refractivity contribution >= 4 is 5.97 Å². The molecule has 0 spiro atoms. The summed E-state index contributed by atoms with van der Waals surface area (Å²) in [4.78, 5) is 11.4. The summed E-state index contributed by atoms with van der Waals surface area (Å²) in [6.07, 6.45) is 4.07. The lowest BCUT2D eigenvalue weighted by Crippen LogP contribution is -2.17. The van der Waals surface area contributed by atoms with Gasteiger partial charge in [-0.05, 0) is 31.6 Å². The maximum atomic E-state index is 11.4. The zero-order valence-electron chi connectivity index (χ0n) is 7.21. The second-order valence-corrected chi connectivity index (χ2v) is 3.83. The first kappa shape index (κ1) is 7.84. The van der Waals surface area contributed by atoms with E-state index in [-0.39, 0.29) is 11.9 Å². The highest BCUT2D eigenvalue weighted by Gasteiger charge is 2.37. The molecule has 0 radical (unpaired) electrons. The van der Waals surface area contributed by atoms with E-state index in [9.17, 15) is 4.79 Å². The number of carbonyl (C=O) groups excluding carboxylic acids is 1. The van der Waals surface area contributed by atoms with Gasteiger partial charge in [0.05, 0.1) is 12.5 Å². The Kier molecular flexibility index (Phi) is 1.91. The second kappa shape index (κ2) is 2.92. The summed E-state index contributed by atoms with van der Waals surface area (Å²) < 4.78 is 5.09. The van der Waals surface area contributed by atoms with Gasteiger partial charge in [-0.1, -0.05) is 12.2 Å². The summed E-state index contributed by atoms with van der Waals surface area (Å²) in [5.74, 6) is 0.684. The molecular formula is C10H14O2. The number of cyclic esters (lactones) is 1. The molecule has 1 aliphatic heterocycles. The highest BCUT2D eigenvalue weighted by atomic mass is 16.5. The molecule has 12 heavy (non-hydrogen) atoms. The average molecular weight is 166 g/mol. The van der Waals surface area contributed by atoms with Crippen molar-refractivity contribution in [1.82, 2.24) is 0 Å². The molecule has 0 amide bonds. The van der Waals surface area contributed by atoms with Gasteiger partial charge in [-0.3, -0.25) is 4.79 Å². The van der Waals surface area contributed by atoms with Crippen LogP contribution >= 0.6 is 0 Å². The molecule has 66 valence electrons. The fourth-order valence-electron chi connectivity index (χ4n) is 2.28. The van der Waals surface area contributed by atoms with E-state index in [2.05, 4.69) is 6.58 Å². The van der Waals surface area contributed by atoms with Crippen LogP contribution in [-0.2, 0) is 9.53 Å². The van der Waals surface area contributed by atoms with Gasteiger partial charge in [0.15, 0.2) is 0 Å². The quantitative estimate of drug-likeness (QED) is 0.406. The van der Waals surface area contributed by atoms with E-state index in [1.54, 1.807) is 0 Å². The molecule has 0 bridgehead atoms. The predicted octanol–water partition coefficient (Wildman–Crippen LogP) is 1.91. The molecule has 2 heteroatoms. The van der Waals surface area contributed by atoms with E-state index < -0.39 is 0 Å². The van der Waals surface area contributed by atoms with Gasteiger partial charge in [-0.25, -0.2) is 0 Å². The lowest BCUT2D eigenvalue weighted by atomic mass is 9.93. The van der Waals surface area contributed by atoms with Crippen LogP contribution in [0.4, 0.5) is 0 Å². The van der Waals surface area contributed by atoms with Crippen molar-refractivity contribution < 1.29 is 9.53 Å². The van der Waals surface area contributed by atoms with Crippen LogP contribution in [0.25, 0.3) is 0 Å². The molecule has 0 N–H and O–H groups in total. The van der Waals surface area contributed by atoms with Crippen LogP contribution in [-0.4, -0.2) is 12.6 Å². The third-order valence-corrected chi connectivity index (χ3v) is 2.89. The van der Waals surface area contributed by atoms with Crippen molar-refractivity contribution in [2.45, 2.75) is 25.7 Å². The summed E-state index contributed by atoms with van der Waals surface area (Å²) in [6, 6.07) is 0. The van der Waals surface area contributed by atoms with Crippen molar-refractivity contribution in [3.63, 3.8) is 0 Å². The zero-order chi connectivity index (χ0) is 8.55. The molecule has 0 unspecified atom stereocenters.